The fraction of sp³-hybridized carbons (Fsp3) is 0.111. The van der Waals surface area contributed by atoms with Gasteiger partial charge in [0.2, 0.25) is 5.91 Å². The molecule has 3 aromatic rings. The van der Waals surface area contributed by atoms with Crippen LogP contribution in [0.1, 0.15) is 11.4 Å². The van der Waals surface area contributed by atoms with Crippen LogP contribution in [0.3, 0.4) is 0 Å². The van der Waals surface area contributed by atoms with Crippen LogP contribution in [0.2, 0.25) is 0 Å². The number of carbonyl (C=O) groups excluding carboxylic acids is 1. The van der Waals surface area contributed by atoms with Gasteiger partial charge in [-0.15, -0.1) is 0 Å². The standard InChI is InChI=1S/C18H13N5O3S/c1-11-20-16-5-3-2-4-14(16)18(21-11)27-10-17(24)22-15-7-6-13(23(25)26)8-12(15)9-19/h2-8H,10H2,1H3,(H,22,24). The Morgan fingerprint density at radius 3 is 2.81 bits per heavy atom. The van der Waals surface area contributed by atoms with E-state index in [0.717, 1.165) is 17.0 Å². The summed E-state index contributed by atoms with van der Waals surface area (Å²) < 4.78 is 0. The van der Waals surface area contributed by atoms with Crippen molar-refractivity contribution >= 4 is 39.9 Å². The van der Waals surface area contributed by atoms with E-state index in [1.165, 1.54) is 23.9 Å². The summed E-state index contributed by atoms with van der Waals surface area (Å²) in [6.45, 7) is 1.78. The number of nitro groups is 1. The minimum Gasteiger partial charge on any atom is -0.324 e. The number of nitrogens with one attached hydrogen (secondary N) is 1. The molecule has 0 spiro atoms. The lowest BCUT2D eigenvalue weighted by Crippen LogP contribution is -2.15. The molecular formula is C18H13N5O3S. The summed E-state index contributed by atoms with van der Waals surface area (Å²) in [4.78, 5) is 31.2. The maximum atomic E-state index is 12.3. The first-order valence-corrected chi connectivity index (χ1v) is 8.81. The zero-order valence-electron chi connectivity index (χ0n) is 14.2. The Bertz CT molecular complexity index is 1090. The van der Waals surface area contributed by atoms with Gasteiger partial charge < -0.3 is 5.32 Å². The van der Waals surface area contributed by atoms with E-state index in [9.17, 15) is 14.9 Å². The molecule has 0 atom stereocenters. The molecule has 0 saturated carbocycles. The van der Waals surface area contributed by atoms with E-state index in [4.69, 9.17) is 5.26 Å². The summed E-state index contributed by atoms with van der Waals surface area (Å²) >= 11 is 1.26. The number of thioether (sulfide) groups is 1. The van der Waals surface area contributed by atoms with Gasteiger partial charge in [0.1, 0.15) is 16.9 Å². The molecule has 2 aromatic carbocycles. The summed E-state index contributed by atoms with van der Waals surface area (Å²) in [5.41, 5.74) is 0.861. The molecule has 0 aliphatic heterocycles. The number of hydrogen-bond acceptors (Lipinski definition) is 7. The molecule has 0 fully saturated rings. The van der Waals surface area contributed by atoms with E-state index >= 15 is 0 Å². The number of aryl methyl sites for hydroxylation is 1. The molecule has 0 radical (unpaired) electrons. The van der Waals surface area contributed by atoms with Gasteiger partial charge in [-0.05, 0) is 19.1 Å². The van der Waals surface area contributed by atoms with Crippen molar-refractivity contribution in [2.75, 3.05) is 11.1 Å². The monoisotopic (exact) mass is 379 g/mol. The molecule has 0 unspecified atom stereocenters. The number of nitrogens with zero attached hydrogens (tertiary/aromatic N) is 4. The average Bonchev–Trinajstić information content (AvgIpc) is 2.66. The van der Waals surface area contributed by atoms with Crippen molar-refractivity contribution in [3.63, 3.8) is 0 Å². The Kier molecular flexibility index (Phi) is 5.28. The molecule has 27 heavy (non-hydrogen) atoms. The molecule has 1 amide bonds. The first kappa shape index (κ1) is 18.3. The van der Waals surface area contributed by atoms with Crippen LogP contribution >= 0.6 is 11.8 Å². The lowest BCUT2D eigenvalue weighted by molar-refractivity contribution is -0.384. The fourth-order valence-electron chi connectivity index (χ4n) is 2.44. The van der Waals surface area contributed by atoms with Crippen LogP contribution < -0.4 is 5.32 Å². The number of nitro benzene ring substituents is 1. The highest BCUT2D eigenvalue weighted by Crippen LogP contribution is 2.26. The Morgan fingerprint density at radius 2 is 2.07 bits per heavy atom. The van der Waals surface area contributed by atoms with Crippen LogP contribution in [0.15, 0.2) is 47.5 Å². The number of fused-ring (bicyclic) bond motifs is 1. The zero-order valence-corrected chi connectivity index (χ0v) is 15.0. The van der Waals surface area contributed by atoms with Gasteiger partial charge in [0.15, 0.2) is 0 Å². The summed E-state index contributed by atoms with van der Waals surface area (Å²) in [6.07, 6.45) is 0. The molecule has 1 aromatic heterocycles. The molecule has 8 nitrogen and oxygen atoms in total. The second kappa shape index (κ2) is 7.80. The van der Waals surface area contributed by atoms with Crippen molar-refractivity contribution in [1.29, 1.82) is 5.26 Å². The zero-order chi connectivity index (χ0) is 19.4. The number of rotatable bonds is 5. The number of non-ortho nitro benzene ring substituents is 1. The van der Waals surface area contributed by atoms with Crippen molar-refractivity contribution in [3.05, 3.63) is 64.0 Å². The molecule has 1 heterocycles. The SMILES string of the molecule is Cc1nc(SCC(=O)Nc2ccc([N+](=O)[O-])cc2C#N)c2ccccc2n1. The molecule has 0 bridgehead atoms. The Labute approximate surface area is 158 Å². The average molecular weight is 379 g/mol. The predicted molar refractivity (Wildman–Crippen MR) is 101 cm³/mol. The Hall–Kier alpha value is -3.51. The second-order valence-corrected chi connectivity index (χ2v) is 6.49. The lowest BCUT2D eigenvalue weighted by atomic mass is 10.1. The quantitative estimate of drug-likeness (QED) is 0.312. The summed E-state index contributed by atoms with van der Waals surface area (Å²) in [7, 11) is 0. The number of aromatic nitrogens is 2. The van der Waals surface area contributed by atoms with Crippen LogP contribution in [0.4, 0.5) is 11.4 Å². The van der Waals surface area contributed by atoms with Gasteiger partial charge in [-0.2, -0.15) is 5.26 Å². The molecule has 9 heteroatoms. The Balaban J connectivity index is 1.74. The van der Waals surface area contributed by atoms with E-state index < -0.39 is 4.92 Å². The third-order valence-corrected chi connectivity index (χ3v) is 4.62. The number of para-hydroxylation sites is 1. The van der Waals surface area contributed by atoms with Crippen LogP contribution in [0.5, 0.6) is 0 Å². The minimum absolute atomic E-state index is 0.0332. The van der Waals surface area contributed by atoms with E-state index in [0.29, 0.717) is 10.9 Å². The van der Waals surface area contributed by atoms with Gasteiger partial charge >= 0.3 is 0 Å². The number of nitriles is 1. The topological polar surface area (TPSA) is 122 Å². The van der Waals surface area contributed by atoms with Crippen molar-refractivity contribution in [1.82, 2.24) is 9.97 Å². The Morgan fingerprint density at radius 1 is 1.30 bits per heavy atom. The van der Waals surface area contributed by atoms with Crippen LogP contribution in [0.25, 0.3) is 10.9 Å². The predicted octanol–water partition coefficient (Wildman–Crippen LogP) is 3.45. The highest BCUT2D eigenvalue weighted by molar-refractivity contribution is 8.00. The van der Waals surface area contributed by atoms with Crippen molar-refractivity contribution < 1.29 is 9.72 Å². The lowest BCUT2D eigenvalue weighted by Gasteiger charge is -2.08. The number of amides is 1. The normalized spacial score (nSPS) is 10.4. The smallest absolute Gasteiger partial charge is 0.270 e. The van der Waals surface area contributed by atoms with E-state index in [-0.39, 0.29) is 28.6 Å². The van der Waals surface area contributed by atoms with Crippen molar-refractivity contribution in [2.45, 2.75) is 11.9 Å². The number of anilines is 1. The number of hydrogen-bond donors (Lipinski definition) is 1. The van der Waals surface area contributed by atoms with Gasteiger partial charge in [0.05, 0.1) is 27.4 Å². The van der Waals surface area contributed by atoms with Crippen molar-refractivity contribution in [3.8, 4) is 6.07 Å². The van der Waals surface area contributed by atoms with Gasteiger partial charge in [0.25, 0.3) is 5.69 Å². The first-order chi connectivity index (χ1) is 13.0. The third-order valence-electron chi connectivity index (χ3n) is 3.63. The van der Waals surface area contributed by atoms with Gasteiger partial charge in [0, 0.05) is 17.5 Å². The maximum absolute atomic E-state index is 12.3. The third kappa shape index (κ3) is 4.19. The molecule has 0 aliphatic rings. The number of benzene rings is 2. The highest BCUT2D eigenvalue weighted by atomic mass is 32.2. The molecule has 0 saturated heterocycles. The van der Waals surface area contributed by atoms with Crippen LogP contribution in [-0.4, -0.2) is 26.6 Å². The summed E-state index contributed by atoms with van der Waals surface area (Å²) in [5, 5.41) is 24.1. The van der Waals surface area contributed by atoms with Crippen LogP contribution in [-0.2, 0) is 4.79 Å². The second-order valence-electron chi connectivity index (χ2n) is 5.53. The maximum Gasteiger partial charge on any atom is 0.270 e. The molecule has 1 N–H and O–H groups in total. The summed E-state index contributed by atoms with van der Waals surface area (Å²) in [6, 6.07) is 13.1. The minimum atomic E-state index is -0.592. The van der Waals surface area contributed by atoms with Crippen molar-refractivity contribution in [2.24, 2.45) is 0 Å². The molecule has 3 rings (SSSR count). The molecular weight excluding hydrogens is 366 g/mol. The van der Waals surface area contributed by atoms with Gasteiger partial charge in [-0.3, -0.25) is 14.9 Å². The molecule has 134 valence electrons. The van der Waals surface area contributed by atoms with Crippen LogP contribution in [0, 0.1) is 28.4 Å². The van der Waals surface area contributed by atoms with E-state index in [1.54, 1.807) is 6.92 Å². The molecule has 0 aliphatic carbocycles. The largest absolute Gasteiger partial charge is 0.324 e. The van der Waals surface area contributed by atoms with E-state index in [2.05, 4.69) is 15.3 Å². The summed E-state index contributed by atoms with van der Waals surface area (Å²) in [5.74, 6) is 0.340. The number of carbonyl (C=O) groups is 1. The highest BCUT2D eigenvalue weighted by Gasteiger charge is 2.14. The first-order valence-electron chi connectivity index (χ1n) is 7.82. The fourth-order valence-corrected chi connectivity index (χ4v) is 3.30. The van der Waals surface area contributed by atoms with Gasteiger partial charge in [-0.1, -0.05) is 30.0 Å². The van der Waals surface area contributed by atoms with E-state index in [1.807, 2.05) is 30.3 Å². The van der Waals surface area contributed by atoms with Gasteiger partial charge in [-0.25, -0.2) is 9.97 Å².